The van der Waals surface area contributed by atoms with Crippen LogP contribution in [0.5, 0.6) is 0 Å². The van der Waals surface area contributed by atoms with Gasteiger partial charge in [0.1, 0.15) is 5.52 Å². The molecule has 0 aliphatic rings. The molecule has 17 heavy (non-hydrogen) atoms. The van der Waals surface area contributed by atoms with E-state index in [9.17, 15) is 4.79 Å². The highest BCUT2D eigenvalue weighted by molar-refractivity contribution is 7.99. The Balaban J connectivity index is 2.06. The van der Waals surface area contributed by atoms with E-state index < -0.39 is 5.97 Å². The summed E-state index contributed by atoms with van der Waals surface area (Å²) >= 11 is 1.39. The normalized spacial score (nSPS) is 11.9. The maximum atomic E-state index is 10.4. The second-order valence-electron chi connectivity index (χ2n) is 3.57. The van der Waals surface area contributed by atoms with Gasteiger partial charge in [-0.05, 0) is 19.1 Å². The summed E-state index contributed by atoms with van der Waals surface area (Å²) < 4.78 is 5.50. The molecule has 1 aromatic heterocycles. The lowest BCUT2D eigenvalue weighted by atomic mass is 10.3. The zero-order chi connectivity index (χ0) is 12.3. The van der Waals surface area contributed by atoms with E-state index in [1.807, 2.05) is 24.3 Å². The van der Waals surface area contributed by atoms with Crippen LogP contribution in [0, 0.1) is 0 Å². The molecule has 0 amide bonds. The topological polar surface area (TPSA) is 63.3 Å². The molecule has 0 spiro atoms. The van der Waals surface area contributed by atoms with Gasteiger partial charge in [0.15, 0.2) is 5.58 Å². The zero-order valence-electron chi connectivity index (χ0n) is 9.21. The molecular formula is C12H11NO3S. The van der Waals surface area contributed by atoms with Crippen molar-refractivity contribution in [2.24, 2.45) is 0 Å². The largest absolute Gasteiger partial charge is 0.478 e. The number of para-hydroxylation sites is 2. The third-order valence-corrected chi connectivity index (χ3v) is 3.09. The number of benzene rings is 1. The lowest BCUT2D eigenvalue weighted by Crippen LogP contribution is -1.91. The number of rotatable bonds is 4. The molecule has 0 bridgehead atoms. The molecule has 0 atom stereocenters. The van der Waals surface area contributed by atoms with Gasteiger partial charge >= 0.3 is 5.97 Å². The minimum absolute atomic E-state index is 0.555. The maximum absolute atomic E-state index is 10.4. The molecule has 88 valence electrons. The Hall–Kier alpha value is -1.75. The standard InChI is InChI=1S/C12H11NO3S/c1-8(6-11(14)15)7-17-12-13-9-4-2-3-5-10(9)16-12/h2-6H,7H2,1H3,(H,14,15). The Labute approximate surface area is 102 Å². The summed E-state index contributed by atoms with van der Waals surface area (Å²) in [4.78, 5) is 14.7. The third-order valence-electron chi connectivity index (χ3n) is 2.07. The second kappa shape index (κ2) is 5.05. The first-order chi connectivity index (χ1) is 8.15. The number of carbonyl (C=O) groups is 1. The molecule has 1 heterocycles. The number of aromatic nitrogens is 1. The van der Waals surface area contributed by atoms with Gasteiger partial charge in [0.2, 0.25) is 0 Å². The fraction of sp³-hybridized carbons (Fsp3) is 0.167. The van der Waals surface area contributed by atoms with Crippen LogP contribution in [0.25, 0.3) is 11.1 Å². The third kappa shape index (κ3) is 3.10. The van der Waals surface area contributed by atoms with Gasteiger partial charge < -0.3 is 9.52 Å². The molecule has 0 saturated heterocycles. The lowest BCUT2D eigenvalue weighted by molar-refractivity contribution is -0.131. The summed E-state index contributed by atoms with van der Waals surface area (Å²) in [7, 11) is 0. The van der Waals surface area contributed by atoms with Gasteiger partial charge in [0, 0.05) is 11.8 Å². The highest BCUT2D eigenvalue weighted by Crippen LogP contribution is 2.24. The summed E-state index contributed by atoms with van der Waals surface area (Å²) in [5, 5.41) is 9.13. The highest BCUT2D eigenvalue weighted by Gasteiger charge is 2.05. The van der Waals surface area contributed by atoms with Gasteiger partial charge in [-0.15, -0.1) is 0 Å². The van der Waals surface area contributed by atoms with Crippen LogP contribution in [0.1, 0.15) is 6.92 Å². The van der Waals surface area contributed by atoms with Crippen LogP contribution in [0.3, 0.4) is 0 Å². The van der Waals surface area contributed by atoms with Gasteiger partial charge in [0.05, 0.1) is 0 Å². The first kappa shape index (κ1) is 11.7. The van der Waals surface area contributed by atoms with E-state index in [-0.39, 0.29) is 0 Å². The first-order valence-electron chi connectivity index (χ1n) is 5.03. The van der Waals surface area contributed by atoms with Crippen molar-refractivity contribution >= 4 is 28.8 Å². The van der Waals surface area contributed by atoms with Crippen molar-refractivity contribution in [3.8, 4) is 0 Å². The van der Waals surface area contributed by atoms with E-state index in [0.29, 0.717) is 11.0 Å². The van der Waals surface area contributed by atoms with Crippen LogP contribution >= 0.6 is 11.8 Å². The van der Waals surface area contributed by atoms with Crippen LogP contribution in [0.2, 0.25) is 0 Å². The van der Waals surface area contributed by atoms with Crippen molar-refractivity contribution in [3.05, 3.63) is 35.9 Å². The SMILES string of the molecule is CC(=CC(=O)O)CSc1nc2ccccc2o1. The summed E-state index contributed by atoms with van der Waals surface area (Å²) in [5.74, 6) is -0.375. The first-order valence-corrected chi connectivity index (χ1v) is 6.02. The molecular weight excluding hydrogens is 238 g/mol. The molecule has 0 unspecified atom stereocenters. The number of carboxylic acids is 1. The van der Waals surface area contributed by atoms with Crippen molar-refractivity contribution in [1.82, 2.24) is 4.98 Å². The Bertz CT molecular complexity index is 541. The molecule has 5 heteroatoms. The van der Waals surface area contributed by atoms with Crippen molar-refractivity contribution in [2.45, 2.75) is 12.1 Å². The number of thioether (sulfide) groups is 1. The number of aliphatic carboxylic acids is 1. The van der Waals surface area contributed by atoms with E-state index in [1.54, 1.807) is 6.92 Å². The number of hydrogen-bond donors (Lipinski definition) is 1. The van der Waals surface area contributed by atoms with Crippen LogP contribution in [-0.2, 0) is 4.79 Å². The number of oxazole rings is 1. The Morgan fingerprint density at radius 2 is 2.29 bits per heavy atom. The van der Waals surface area contributed by atoms with Gasteiger partial charge in [-0.25, -0.2) is 9.78 Å². The monoisotopic (exact) mass is 249 g/mol. The molecule has 2 rings (SSSR count). The summed E-state index contributed by atoms with van der Waals surface area (Å²) in [6.45, 7) is 1.77. The van der Waals surface area contributed by atoms with Crippen molar-refractivity contribution in [3.63, 3.8) is 0 Å². The highest BCUT2D eigenvalue weighted by atomic mass is 32.2. The fourth-order valence-corrected chi connectivity index (χ4v) is 2.09. The maximum Gasteiger partial charge on any atom is 0.328 e. The Kier molecular flexibility index (Phi) is 3.49. The molecule has 0 aliphatic heterocycles. The summed E-state index contributed by atoms with van der Waals surface area (Å²) in [6.07, 6.45) is 1.19. The van der Waals surface area contributed by atoms with Crippen molar-refractivity contribution in [1.29, 1.82) is 0 Å². The van der Waals surface area contributed by atoms with Gasteiger partial charge in [0.25, 0.3) is 5.22 Å². The molecule has 4 nitrogen and oxygen atoms in total. The van der Waals surface area contributed by atoms with Crippen molar-refractivity contribution < 1.29 is 14.3 Å². The zero-order valence-corrected chi connectivity index (χ0v) is 10.0. The molecule has 2 aromatic rings. The van der Waals surface area contributed by atoms with E-state index >= 15 is 0 Å². The van der Waals surface area contributed by atoms with Gasteiger partial charge in [-0.1, -0.05) is 29.5 Å². The minimum atomic E-state index is -0.930. The van der Waals surface area contributed by atoms with E-state index in [4.69, 9.17) is 9.52 Å². The van der Waals surface area contributed by atoms with Gasteiger partial charge in [-0.3, -0.25) is 0 Å². The number of fused-ring (bicyclic) bond motifs is 1. The minimum Gasteiger partial charge on any atom is -0.478 e. The van der Waals surface area contributed by atoms with E-state index in [2.05, 4.69) is 4.98 Å². The average Bonchev–Trinajstić information content (AvgIpc) is 2.68. The van der Waals surface area contributed by atoms with Crippen LogP contribution in [0.15, 0.2) is 45.6 Å². The van der Waals surface area contributed by atoms with E-state index in [0.717, 1.165) is 16.7 Å². The fourth-order valence-electron chi connectivity index (χ4n) is 1.34. The predicted molar refractivity (Wildman–Crippen MR) is 66.1 cm³/mol. The quantitative estimate of drug-likeness (QED) is 0.666. The van der Waals surface area contributed by atoms with E-state index in [1.165, 1.54) is 17.8 Å². The summed E-state index contributed by atoms with van der Waals surface area (Å²) in [6, 6.07) is 7.52. The number of carboxylic acid groups (broad SMARTS) is 1. The van der Waals surface area contributed by atoms with Crippen LogP contribution < -0.4 is 0 Å². The van der Waals surface area contributed by atoms with Crippen LogP contribution in [-0.4, -0.2) is 21.8 Å². The van der Waals surface area contributed by atoms with Crippen molar-refractivity contribution in [2.75, 3.05) is 5.75 Å². The summed E-state index contributed by atoms with van der Waals surface area (Å²) in [5.41, 5.74) is 2.33. The molecule has 0 aliphatic carbocycles. The Morgan fingerprint density at radius 3 is 3.00 bits per heavy atom. The smallest absolute Gasteiger partial charge is 0.328 e. The Morgan fingerprint density at radius 1 is 1.53 bits per heavy atom. The average molecular weight is 249 g/mol. The molecule has 1 aromatic carbocycles. The van der Waals surface area contributed by atoms with Crippen LogP contribution in [0.4, 0.5) is 0 Å². The molecule has 0 radical (unpaired) electrons. The second-order valence-corrected chi connectivity index (χ2v) is 4.49. The lowest BCUT2D eigenvalue weighted by Gasteiger charge is -1.95. The number of nitrogens with zero attached hydrogens (tertiary/aromatic N) is 1. The van der Waals surface area contributed by atoms with Gasteiger partial charge in [-0.2, -0.15) is 0 Å². The predicted octanol–water partition coefficient (Wildman–Crippen LogP) is 2.95. The number of hydrogen-bond acceptors (Lipinski definition) is 4. The molecule has 0 saturated carbocycles. The molecule has 0 fully saturated rings. The molecule has 1 N–H and O–H groups in total.